The van der Waals surface area contributed by atoms with Gasteiger partial charge in [0.2, 0.25) is 0 Å². The zero-order valence-electron chi connectivity index (χ0n) is 20.0. The summed E-state index contributed by atoms with van der Waals surface area (Å²) in [6.07, 6.45) is 1.50. The summed E-state index contributed by atoms with van der Waals surface area (Å²) in [6, 6.07) is 32.9. The van der Waals surface area contributed by atoms with E-state index in [2.05, 4.69) is 10.5 Å². The van der Waals surface area contributed by atoms with Crippen LogP contribution in [0.2, 0.25) is 0 Å². The van der Waals surface area contributed by atoms with Crippen molar-refractivity contribution >= 4 is 12.1 Å². The Kier molecular flexibility index (Phi) is 8.11. The molecule has 0 aliphatic rings. The fourth-order valence-corrected chi connectivity index (χ4v) is 3.76. The molecule has 182 valence electrons. The number of nitrogens with one attached hydrogen (secondary N) is 1. The van der Waals surface area contributed by atoms with Gasteiger partial charge in [0.05, 0.1) is 12.8 Å². The molecule has 0 atom stereocenters. The van der Waals surface area contributed by atoms with Gasteiger partial charge in [0.1, 0.15) is 6.61 Å². The van der Waals surface area contributed by atoms with E-state index in [0.29, 0.717) is 41.4 Å². The Morgan fingerprint density at radius 1 is 0.833 bits per heavy atom. The van der Waals surface area contributed by atoms with Crippen molar-refractivity contribution in [2.75, 3.05) is 6.61 Å². The zero-order valence-corrected chi connectivity index (χ0v) is 20.0. The summed E-state index contributed by atoms with van der Waals surface area (Å²) in [5.41, 5.74) is 3.24. The van der Waals surface area contributed by atoms with E-state index in [1.165, 1.54) is 6.21 Å². The molecule has 0 aliphatic heterocycles. The van der Waals surface area contributed by atoms with Gasteiger partial charge in [-0.3, -0.25) is 4.79 Å². The van der Waals surface area contributed by atoms with Gasteiger partial charge >= 0.3 is 0 Å². The molecule has 0 unspecified atom stereocenters. The normalized spacial score (nSPS) is 11.3. The van der Waals surface area contributed by atoms with Gasteiger partial charge in [-0.1, -0.05) is 91.0 Å². The van der Waals surface area contributed by atoms with Gasteiger partial charge in [-0.2, -0.15) is 5.10 Å². The van der Waals surface area contributed by atoms with E-state index in [0.717, 1.165) is 5.56 Å². The maximum Gasteiger partial charge on any atom is 0.281 e. The van der Waals surface area contributed by atoms with Crippen molar-refractivity contribution in [3.8, 4) is 11.5 Å². The summed E-state index contributed by atoms with van der Waals surface area (Å²) in [4.78, 5) is 13.2. The molecule has 0 aliphatic carbocycles. The molecule has 1 amide bonds. The second-order valence-corrected chi connectivity index (χ2v) is 8.06. The van der Waals surface area contributed by atoms with Crippen LogP contribution < -0.4 is 14.9 Å². The Labute approximate surface area is 210 Å². The molecule has 6 heteroatoms. The number of carbonyl (C=O) groups excluding carboxylic acids is 1. The first-order valence-electron chi connectivity index (χ1n) is 11.7. The highest BCUT2D eigenvalue weighted by atomic mass is 16.5. The second kappa shape index (κ2) is 11.8. The second-order valence-electron chi connectivity index (χ2n) is 8.06. The summed E-state index contributed by atoms with van der Waals surface area (Å²) in [6.45, 7) is 2.79. The molecule has 0 aromatic heterocycles. The number of nitrogens with zero attached hydrogens (tertiary/aromatic N) is 1. The summed E-state index contributed by atoms with van der Waals surface area (Å²) >= 11 is 0. The first-order valence-corrected chi connectivity index (χ1v) is 11.7. The van der Waals surface area contributed by atoms with Crippen molar-refractivity contribution in [1.82, 2.24) is 5.43 Å². The number of ether oxygens (including phenoxy) is 2. The van der Waals surface area contributed by atoms with Gasteiger partial charge in [0.15, 0.2) is 17.1 Å². The molecule has 0 bridgehead atoms. The van der Waals surface area contributed by atoms with Crippen molar-refractivity contribution < 1.29 is 19.4 Å². The van der Waals surface area contributed by atoms with Crippen molar-refractivity contribution in [3.05, 3.63) is 131 Å². The monoisotopic (exact) mass is 480 g/mol. The summed E-state index contributed by atoms with van der Waals surface area (Å²) < 4.78 is 11.7. The molecular formula is C30H28N2O4. The number of benzene rings is 4. The lowest BCUT2D eigenvalue weighted by molar-refractivity contribution is -0.136. The average molecular weight is 481 g/mol. The molecule has 0 radical (unpaired) electrons. The van der Waals surface area contributed by atoms with E-state index in [9.17, 15) is 9.90 Å². The van der Waals surface area contributed by atoms with Gasteiger partial charge in [-0.05, 0) is 47.4 Å². The number of amides is 1. The smallest absolute Gasteiger partial charge is 0.281 e. The van der Waals surface area contributed by atoms with Gasteiger partial charge in [-0.25, -0.2) is 5.43 Å². The van der Waals surface area contributed by atoms with Gasteiger partial charge < -0.3 is 14.6 Å². The first kappa shape index (κ1) is 24.7. The molecule has 4 aromatic rings. The van der Waals surface area contributed by atoms with Crippen molar-refractivity contribution in [1.29, 1.82) is 0 Å². The minimum Gasteiger partial charge on any atom is -0.490 e. The van der Waals surface area contributed by atoms with Gasteiger partial charge in [0.25, 0.3) is 5.91 Å². The molecule has 4 rings (SSSR count). The summed E-state index contributed by atoms with van der Waals surface area (Å²) in [5.74, 6) is 0.530. The van der Waals surface area contributed by atoms with Crippen LogP contribution in [0.5, 0.6) is 11.5 Å². The average Bonchev–Trinajstić information content (AvgIpc) is 2.94. The maximum atomic E-state index is 13.2. The maximum absolute atomic E-state index is 13.2. The fraction of sp³-hybridized carbons (Fsp3) is 0.133. The van der Waals surface area contributed by atoms with E-state index in [-0.39, 0.29) is 0 Å². The standard InChI is InChI=1S/C30H28N2O4/c1-2-35-28-20-24(18-19-27(28)36-22-23-12-6-3-7-13-23)21-31-32-29(33)30(34,25-14-8-4-9-15-25)26-16-10-5-11-17-26/h3-21,34H,2,22H2,1H3,(H,32,33). The lowest BCUT2D eigenvalue weighted by Crippen LogP contribution is -2.43. The highest BCUT2D eigenvalue weighted by molar-refractivity contribution is 5.91. The van der Waals surface area contributed by atoms with Crippen LogP contribution in [-0.4, -0.2) is 23.8 Å². The quantitative estimate of drug-likeness (QED) is 0.246. The number of rotatable bonds is 10. The van der Waals surface area contributed by atoms with Crippen LogP contribution in [0.15, 0.2) is 114 Å². The number of hydrazone groups is 1. The number of hydrogen-bond acceptors (Lipinski definition) is 5. The molecule has 0 saturated heterocycles. The Balaban J connectivity index is 1.50. The van der Waals surface area contributed by atoms with Gasteiger partial charge in [0, 0.05) is 0 Å². The molecule has 2 N–H and O–H groups in total. The Bertz CT molecular complexity index is 1250. The minimum absolute atomic E-state index is 0.419. The molecular weight excluding hydrogens is 452 g/mol. The highest BCUT2D eigenvalue weighted by Crippen LogP contribution is 2.30. The van der Waals surface area contributed by atoms with Crippen molar-refractivity contribution in [3.63, 3.8) is 0 Å². The molecule has 6 nitrogen and oxygen atoms in total. The number of hydrogen-bond donors (Lipinski definition) is 2. The molecule has 36 heavy (non-hydrogen) atoms. The van der Waals surface area contributed by atoms with Crippen LogP contribution in [-0.2, 0) is 17.0 Å². The van der Waals surface area contributed by atoms with E-state index < -0.39 is 11.5 Å². The van der Waals surface area contributed by atoms with E-state index in [1.807, 2.05) is 55.5 Å². The third kappa shape index (κ3) is 5.79. The predicted molar refractivity (Wildman–Crippen MR) is 140 cm³/mol. The van der Waals surface area contributed by atoms with Crippen LogP contribution in [0.3, 0.4) is 0 Å². The summed E-state index contributed by atoms with van der Waals surface area (Å²) in [5, 5.41) is 15.6. The van der Waals surface area contributed by atoms with Gasteiger partial charge in [-0.15, -0.1) is 0 Å². The van der Waals surface area contributed by atoms with Crippen LogP contribution in [0.25, 0.3) is 0 Å². The molecule has 4 aromatic carbocycles. The predicted octanol–water partition coefficient (Wildman–Crippen LogP) is 5.05. The largest absolute Gasteiger partial charge is 0.490 e. The number of carbonyl (C=O) groups is 1. The Hall–Kier alpha value is -4.42. The van der Waals surface area contributed by atoms with E-state index in [4.69, 9.17) is 9.47 Å². The SMILES string of the molecule is CCOc1cc(C=NNC(=O)C(O)(c2ccccc2)c2ccccc2)ccc1OCc1ccccc1. The topological polar surface area (TPSA) is 80.2 Å². The molecule has 0 fully saturated rings. The lowest BCUT2D eigenvalue weighted by atomic mass is 9.85. The lowest BCUT2D eigenvalue weighted by Gasteiger charge is -2.27. The summed E-state index contributed by atoms with van der Waals surface area (Å²) in [7, 11) is 0. The molecule has 0 heterocycles. The van der Waals surface area contributed by atoms with E-state index >= 15 is 0 Å². The molecule has 0 saturated carbocycles. The third-order valence-electron chi connectivity index (χ3n) is 5.60. The van der Waals surface area contributed by atoms with Crippen molar-refractivity contribution in [2.24, 2.45) is 5.10 Å². The minimum atomic E-state index is -1.90. The van der Waals surface area contributed by atoms with Crippen LogP contribution in [0, 0.1) is 0 Å². The third-order valence-corrected chi connectivity index (χ3v) is 5.60. The number of aliphatic hydroxyl groups is 1. The van der Waals surface area contributed by atoms with Crippen molar-refractivity contribution in [2.45, 2.75) is 19.1 Å². The van der Waals surface area contributed by atoms with Crippen LogP contribution in [0.4, 0.5) is 0 Å². The van der Waals surface area contributed by atoms with Crippen LogP contribution >= 0.6 is 0 Å². The van der Waals surface area contributed by atoms with E-state index in [1.54, 1.807) is 60.7 Å². The molecule has 0 spiro atoms. The Morgan fingerprint density at radius 2 is 1.42 bits per heavy atom. The highest BCUT2D eigenvalue weighted by Gasteiger charge is 2.39. The zero-order chi connectivity index (χ0) is 25.2. The fourth-order valence-electron chi connectivity index (χ4n) is 3.76. The Morgan fingerprint density at radius 3 is 2.00 bits per heavy atom. The van der Waals surface area contributed by atoms with Crippen LogP contribution in [0.1, 0.15) is 29.2 Å². The first-order chi connectivity index (χ1) is 17.6.